The van der Waals surface area contributed by atoms with Gasteiger partial charge in [-0.2, -0.15) is 5.10 Å². The molecule has 6 nitrogen and oxygen atoms in total. The van der Waals surface area contributed by atoms with Gasteiger partial charge in [0.25, 0.3) is 5.91 Å². The summed E-state index contributed by atoms with van der Waals surface area (Å²) >= 11 is 0. The van der Waals surface area contributed by atoms with Crippen LogP contribution in [0.5, 0.6) is 0 Å². The maximum absolute atomic E-state index is 14.1. The number of hydrogen-bond donors (Lipinski definition) is 0. The first kappa shape index (κ1) is 18.2. The second kappa shape index (κ2) is 7.22. The third kappa shape index (κ3) is 3.06. The van der Waals surface area contributed by atoms with E-state index < -0.39 is 23.1 Å². The first-order chi connectivity index (χ1) is 14.6. The quantitative estimate of drug-likeness (QED) is 0.510. The third-order valence-corrected chi connectivity index (χ3v) is 5.18. The molecule has 0 saturated heterocycles. The van der Waals surface area contributed by atoms with Crippen molar-refractivity contribution >= 4 is 11.6 Å². The van der Waals surface area contributed by atoms with Crippen molar-refractivity contribution in [1.29, 1.82) is 0 Å². The second-order valence-corrected chi connectivity index (χ2v) is 7.02. The van der Waals surface area contributed by atoms with Gasteiger partial charge in [0, 0.05) is 24.6 Å². The SMILES string of the molecule is O=C(c1coc(-c2c(F)cccc2F)n1)N1CC(n2cccn2)Cc2ccccc21. The lowest BCUT2D eigenvalue weighted by Gasteiger charge is -2.34. The molecule has 1 atom stereocenters. The van der Waals surface area contributed by atoms with Gasteiger partial charge in [-0.05, 0) is 36.2 Å². The van der Waals surface area contributed by atoms with E-state index in [1.807, 2.05) is 41.2 Å². The van der Waals surface area contributed by atoms with Crippen LogP contribution < -0.4 is 4.90 Å². The zero-order chi connectivity index (χ0) is 20.7. The Morgan fingerprint density at radius 2 is 1.87 bits per heavy atom. The molecule has 8 heteroatoms. The molecule has 5 rings (SSSR count). The Morgan fingerprint density at radius 3 is 2.63 bits per heavy atom. The minimum absolute atomic E-state index is 0.0245. The Kier molecular flexibility index (Phi) is 4.39. The standard InChI is InChI=1S/C22H16F2N4O2/c23-16-6-3-7-17(24)20(16)21-26-18(13-30-21)22(29)27-12-15(28-10-4-9-25-28)11-14-5-1-2-8-19(14)27/h1-10,13,15H,11-12H2. The number of anilines is 1. The highest BCUT2D eigenvalue weighted by Gasteiger charge is 2.32. The fourth-order valence-electron chi connectivity index (χ4n) is 3.77. The fourth-order valence-corrected chi connectivity index (χ4v) is 3.77. The van der Waals surface area contributed by atoms with Gasteiger partial charge in [-0.25, -0.2) is 13.8 Å². The Balaban J connectivity index is 1.51. The van der Waals surface area contributed by atoms with E-state index >= 15 is 0 Å². The van der Waals surface area contributed by atoms with E-state index in [4.69, 9.17) is 4.42 Å². The number of para-hydroxylation sites is 1. The van der Waals surface area contributed by atoms with Crippen molar-refractivity contribution in [2.24, 2.45) is 0 Å². The number of halogens is 2. The van der Waals surface area contributed by atoms with Crippen LogP contribution in [-0.4, -0.2) is 27.2 Å². The number of benzene rings is 2. The van der Waals surface area contributed by atoms with Gasteiger partial charge in [0.05, 0.1) is 6.04 Å². The van der Waals surface area contributed by atoms with Crippen molar-refractivity contribution in [2.75, 3.05) is 11.4 Å². The summed E-state index contributed by atoms with van der Waals surface area (Å²) in [4.78, 5) is 19.0. The molecule has 2 aromatic heterocycles. The molecule has 30 heavy (non-hydrogen) atoms. The van der Waals surface area contributed by atoms with Crippen LogP contribution in [0.25, 0.3) is 11.5 Å². The van der Waals surface area contributed by atoms with Crippen LogP contribution in [0.15, 0.2) is 71.6 Å². The van der Waals surface area contributed by atoms with Crippen molar-refractivity contribution in [3.63, 3.8) is 0 Å². The normalized spacial score (nSPS) is 15.8. The molecule has 1 unspecified atom stereocenters. The highest BCUT2D eigenvalue weighted by molar-refractivity contribution is 6.05. The van der Waals surface area contributed by atoms with Crippen LogP contribution in [0.3, 0.4) is 0 Å². The largest absolute Gasteiger partial charge is 0.443 e. The Bertz CT molecular complexity index is 1200. The first-order valence-corrected chi connectivity index (χ1v) is 9.40. The zero-order valence-corrected chi connectivity index (χ0v) is 15.7. The van der Waals surface area contributed by atoms with E-state index in [0.29, 0.717) is 6.54 Å². The summed E-state index contributed by atoms with van der Waals surface area (Å²) < 4.78 is 35.2. The molecular formula is C22H16F2N4O2. The number of amides is 1. The smallest absolute Gasteiger partial charge is 0.280 e. The van der Waals surface area contributed by atoms with Gasteiger partial charge in [-0.3, -0.25) is 9.48 Å². The van der Waals surface area contributed by atoms with Gasteiger partial charge in [-0.1, -0.05) is 24.3 Å². The molecular weight excluding hydrogens is 390 g/mol. The Morgan fingerprint density at radius 1 is 1.07 bits per heavy atom. The van der Waals surface area contributed by atoms with Gasteiger partial charge >= 0.3 is 0 Å². The summed E-state index contributed by atoms with van der Waals surface area (Å²) in [5.74, 6) is -2.30. The van der Waals surface area contributed by atoms with Gasteiger partial charge in [0.2, 0.25) is 5.89 Å². The maximum Gasteiger partial charge on any atom is 0.280 e. The van der Waals surface area contributed by atoms with Crippen LogP contribution in [0.2, 0.25) is 0 Å². The average molecular weight is 406 g/mol. The van der Waals surface area contributed by atoms with Crippen LogP contribution in [-0.2, 0) is 6.42 Å². The molecule has 0 spiro atoms. The van der Waals surface area contributed by atoms with E-state index in [-0.39, 0.29) is 17.6 Å². The highest BCUT2D eigenvalue weighted by Crippen LogP contribution is 2.33. The van der Waals surface area contributed by atoms with Crippen LogP contribution in [0.4, 0.5) is 14.5 Å². The number of hydrogen-bond acceptors (Lipinski definition) is 4. The number of oxazole rings is 1. The van der Waals surface area contributed by atoms with Gasteiger partial charge in [0.1, 0.15) is 23.5 Å². The van der Waals surface area contributed by atoms with Crippen LogP contribution in [0, 0.1) is 11.6 Å². The van der Waals surface area contributed by atoms with Crippen molar-refractivity contribution < 1.29 is 18.0 Å². The molecule has 0 fully saturated rings. The fraction of sp³-hybridized carbons (Fsp3) is 0.136. The molecule has 1 aliphatic heterocycles. The van der Waals surface area contributed by atoms with E-state index in [2.05, 4.69) is 10.1 Å². The van der Waals surface area contributed by atoms with Gasteiger partial charge in [-0.15, -0.1) is 0 Å². The number of carbonyl (C=O) groups excluding carboxylic acids is 1. The average Bonchev–Trinajstić information content (AvgIpc) is 3.45. The predicted molar refractivity (Wildman–Crippen MR) is 105 cm³/mol. The third-order valence-electron chi connectivity index (χ3n) is 5.18. The lowest BCUT2D eigenvalue weighted by atomic mass is 9.97. The van der Waals surface area contributed by atoms with Crippen LogP contribution in [0.1, 0.15) is 22.1 Å². The molecule has 4 aromatic rings. The first-order valence-electron chi connectivity index (χ1n) is 9.40. The minimum Gasteiger partial charge on any atom is -0.443 e. The topological polar surface area (TPSA) is 64.2 Å². The maximum atomic E-state index is 14.1. The summed E-state index contributed by atoms with van der Waals surface area (Å²) in [6.45, 7) is 0.383. The monoisotopic (exact) mass is 406 g/mol. The van der Waals surface area contributed by atoms with E-state index in [0.717, 1.165) is 36.1 Å². The summed E-state index contributed by atoms with van der Waals surface area (Å²) in [7, 11) is 0. The molecule has 0 radical (unpaired) electrons. The molecule has 0 N–H and O–H groups in total. The summed E-state index contributed by atoms with van der Waals surface area (Å²) in [5.41, 5.74) is 1.35. The van der Waals surface area contributed by atoms with Gasteiger partial charge in [0.15, 0.2) is 5.69 Å². The van der Waals surface area contributed by atoms with E-state index in [1.165, 1.54) is 6.07 Å². The van der Waals surface area contributed by atoms with E-state index in [9.17, 15) is 13.6 Å². The number of rotatable bonds is 3. The number of aromatic nitrogens is 3. The van der Waals surface area contributed by atoms with Crippen LogP contribution >= 0.6 is 0 Å². The molecule has 2 aromatic carbocycles. The zero-order valence-electron chi connectivity index (χ0n) is 15.7. The Hall–Kier alpha value is -3.81. The van der Waals surface area contributed by atoms with E-state index in [1.54, 1.807) is 11.1 Å². The number of fused-ring (bicyclic) bond motifs is 1. The molecule has 0 saturated carbocycles. The molecule has 3 heterocycles. The van der Waals surface area contributed by atoms with Gasteiger partial charge < -0.3 is 9.32 Å². The molecule has 1 amide bonds. The molecule has 150 valence electrons. The Labute approximate surface area is 170 Å². The molecule has 1 aliphatic rings. The van der Waals surface area contributed by atoms with Crippen molar-refractivity contribution in [2.45, 2.75) is 12.5 Å². The van der Waals surface area contributed by atoms with Crippen molar-refractivity contribution in [1.82, 2.24) is 14.8 Å². The summed E-state index contributed by atoms with van der Waals surface area (Å²) in [6.07, 6.45) is 5.41. The molecule has 0 bridgehead atoms. The summed E-state index contributed by atoms with van der Waals surface area (Å²) in [6, 6.07) is 12.9. The van der Waals surface area contributed by atoms with Crippen molar-refractivity contribution in [3.05, 3.63) is 90.1 Å². The number of nitrogens with zero attached hydrogens (tertiary/aromatic N) is 4. The summed E-state index contributed by atoms with van der Waals surface area (Å²) in [5, 5.41) is 4.30. The highest BCUT2D eigenvalue weighted by atomic mass is 19.1. The lowest BCUT2D eigenvalue weighted by Crippen LogP contribution is -2.41. The molecule has 0 aliphatic carbocycles. The second-order valence-electron chi connectivity index (χ2n) is 7.02. The lowest BCUT2D eigenvalue weighted by molar-refractivity contribution is 0.0975. The number of carbonyl (C=O) groups is 1. The minimum atomic E-state index is -0.807. The van der Waals surface area contributed by atoms with Crippen molar-refractivity contribution in [3.8, 4) is 11.5 Å². The predicted octanol–water partition coefficient (Wildman–Crippen LogP) is 4.26.